The quantitative estimate of drug-likeness (QED) is 0.376. The molecular formula is C27H37N3O2. The Morgan fingerprint density at radius 1 is 1.09 bits per heavy atom. The molecular weight excluding hydrogens is 398 g/mol. The van der Waals surface area contributed by atoms with Crippen LogP contribution in [0.15, 0.2) is 42.5 Å². The van der Waals surface area contributed by atoms with E-state index in [-0.39, 0.29) is 11.8 Å². The van der Waals surface area contributed by atoms with Gasteiger partial charge in [0.25, 0.3) is 0 Å². The zero-order valence-electron chi connectivity index (χ0n) is 20.0. The second-order valence-electron chi connectivity index (χ2n) is 8.55. The minimum atomic E-state index is 0.122. The standard InChI is InChI=1S/C27H37N3O2/c1-5-22(6-2)27(31)28-16-9-13-26-29-23-11-7-8-12-24(23)30(26)17-10-18-32-25-19-20(3)14-15-21(25)4/h7-8,11-12,14-15,19,22H,5-6,9-10,13,16-18H2,1-4H3,(H,28,31). The van der Waals surface area contributed by atoms with Gasteiger partial charge in [0.1, 0.15) is 11.6 Å². The Morgan fingerprint density at radius 3 is 2.66 bits per heavy atom. The normalized spacial score (nSPS) is 11.3. The van der Waals surface area contributed by atoms with Gasteiger partial charge in [-0.05, 0) is 68.9 Å². The van der Waals surface area contributed by atoms with Crippen LogP contribution < -0.4 is 10.1 Å². The van der Waals surface area contributed by atoms with Gasteiger partial charge in [-0.25, -0.2) is 4.98 Å². The van der Waals surface area contributed by atoms with E-state index in [0.717, 1.165) is 61.3 Å². The highest BCUT2D eigenvalue weighted by molar-refractivity contribution is 5.78. The van der Waals surface area contributed by atoms with E-state index >= 15 is 0 Å². The summed E-state index contributed by atoms with van der Waals surface area (Å²) in [4.78, 5) is 17.1. The summed E-state index contributed by atoms with van der Waals surface area (Å²) in [7, 11) is 0. The molecule has 0 fully saturated rings. The number of ether oxygens (including phenoxy) is 1. The minimum absolute atomic E-state index is 0.122. The molecule has 0 aliphatic rings. The van der Waals surface area contributed by atoms with Crippen LogP contribution in [-0.4, -0.2) is 28.6 Å². The van der Waals surface area contributed by atoms with Gasteiger partial charge in [-0.15, -0.1) is 0 Å². The maximum Gasteiger partial charge on any atom is 0.223 e. The molecule has 0 saturated heterocycles. The third kappa shape index (κ3) is 6.12. The Labute approximate surface area is 192 Å². The summed E-state index contributed by atoms with van der Waals surface area (Å²) in [6, 6.07) is 14.6. The van der Waals surface area contributed by atoms with Crippen molar-refractivity contribution in [1.82, 2.24) is 14.9 Å². The molecule has 0 aliphatic heterocycles. The van der Waals surface area contributed by atoms with Crippen LogP contribution in [0.4, 0.5) is 0 Å². The SMILES string of the molecule is CCC(CC)C(=O)NCCCc1nc2ccccc2n1CCCOc1cc(C)ccc1C. The Bertz CT molecular complexity index is 1020. The largest absolute Gasteiger partial charge is 0.493 e. The Hall–Kier alpha value is -2.82. The first kappa shape index (κ1) is 23.8. The number of benzene rings is 2. The summed E-state index contributed by atoms with van der Waals surface area (Å²) in [5, 5.41) is 3.09. The van der Waals surface area contributed by atoms with E-state index in [1.165, 1.54) is 11.1 Å². The van der Waals surface area contributed by atoms with E-state index in [9.17, 15) is 4.79 Å². The molecule has 0 radical (unpaired) electrons. The van der Waals surface area contributed by atoms with Crippen molar-refractivity contribution in [3.63, 3.8) is 0 Å². The van der Waals surface area contributed by atoms with Crippen molar-refractivity contribution in [3.8, 4) is 5.75 Å². The van der Waals surface area contributed by atoms with E-state index in [0.29, 0.717) is 13.2 Å². The fraction of sp³-hybridized carbons (Fsp3) is 0.481. The number of hydrogen-bond donors (Lipinski definition) is 1. The van der Waals surface area contributed by atoms with Crippen LogP contribution in [0.2, 0.25) is 0 Å². The highest BCUT2D eigenvalue weighted by Gasteiger charge is 2.14. The van der Waals surface area contributed by atoms with Gasteiger partial charge in [-0.1, -0.05) is 38.1 Å². The highest BCUT2D eigenvalue weighted by Crippen LogP contribution is 2.21. The molecule has 1 N–H and O–H groups in total. The molecule has 0 spiro atoms. The van der Waals surface area contributed by atoms with Gasteiger partial charge in [0.2, 0.25) is 5.91 Å². The van der Waals surface area contributed by atoms with E-state index in [2.05, 4.69) is 74.0 Å². The van der Waals surface area contributed by atoms with Crippen molar-refractivity contribution >= 4 is 16.9 Å². The van der Waals surface area contributed by atoms with Gasteiger partial charge < -0.3 is 14.6 Å². The topological polar surface area (TPSA) is 56.2 Å². The van der Waals surface area contributed by atoms with E-state index in [1.54, 1.807) is 0 Å². The minimum Gasteiger partial charge on any atom is -0.493 e. The summed E-state index contributed by atoms with van der Waals surface area (Å²) < 4.78 is 8.37. The highest BCUT2D eigenvalue weighted by atomic mass is 16.5. The molecule has 1 amide bonds. The molecule has 0 bridgehead atoms. The van der Waals surface area contributed by atoms with Crippen LogP contribution in [-0.2, 0) is 17.8 Å². The van der Waals surface area contributed by atoms with E-state index in [1.807, 2.05) is 6.07 Å². The number of carbonyl (C=O) groups excluding carboxylic acids is 1. The van der Waals surface area contributed by atoms with Gasteiger partial charge in [0, 0.05) is 25.4 Å². The van der Waals surface area contributed by atoms with Crippen molar-refractivity contribution < 1.29 is 9.53 Å². The maximum absolute atomic E-state index is 12.2. The van der Waals surface area contributed by atoms with Crippen molar-refractivity contribution in [2.75, 3.05) is 13.2 Å². The third-order valence-electron chi connectivity index (χ3n) is 6.09. The second-order valence-corrected chi connectivity index (χ2v) is 8.55. The van der Waals surface area contributed by atoms with Crippen LogP contribution >= 0.6 is 0 Å². The van der Waals surface area contributed by atoms with Crippen molar-refractivity contribution in [3.05, 3.63) is 59.4 Å². The van der Waals surface area contributed by atoms with Gasteiger partial charge in [0.15, 0.2) is 0 Å². The summed E-state index contributed by atoms with van der Waals surface area (Å²) >= 11 is 0. The number of hydrogen-bond acceptors (Lipinski definition) is 3. The fourth-order valence-corrected chi connectivity index (χ4v) is 4.10. The number of nitrogens with one attached hydrogen (secondary N) is 1. The lowest BCUT2D eigenvalue weighted by atomic mass is 10.0. The predicted molar refractivity (Wildman–Crippen MR) is 131 cm³/mol. The number of fused-ring (bicyclic) bond motifs is 1. The average Bonchev–Trinajstić information content (AvgIpc) is 3.14. The zero-order chi connectivity index (χ0) is 22.9. The molecule has 2 aromatic carbocycles. The number of imidazole rings is 1. The lowest BCUT2D eigenvalue weighted by Gasteiger charge is -2.13. The molecule has 1 heterocycles. The van der Waals surface area contributed by atoms with Crippen molar-refractivity contribution in [2.45, 2.75) is 66.3 Å². The first-order chi connectivity index (χ1) is 15.5. The summed E-state index contributed by atoms with van der Waals surface area (Å²) in [6.45, 7) is 10.5. The zero-order valence-corrected chi connectivity index (χ0v) is 20.0. The van der Waals surface area contributed by atoms with Crippen molar-refractivity contribution in [1.29, 1.82) is 0 Å². The maximum atomic E-state index is 12.2. The monoisotopic (exact) mass is 435 g/mol. The predicted octanol–water partition coefficient (Wildman–Crippen LogP) is 5.61. The number of amides is 1. The Balaban J connectivity index is 1.58. The number of carbonyl (C=O) groups is 1. The molecule has 5 nitrogen and oxygen atoms in total. The van der Waals surface area contributed by atoms with Crippen molar-refractivity contribution in [2.24, 2.45) is 5.92 Å². The molecule has 3 rings (SSSR count). The van der Waals surface area contributed by atoms with Crippen LogP contribution in [0.3, 0.4) is 0 Å². The van der Waals surface area contributed by atoms with Crippen LogP contribution in [0.1, 0.15) is 56.5 Å². The summed E-state index contributed by atoms with van der Waals surface area (Å²) in [6.07, 6.45) is 4.42. The smallest absolute Gasteiger partial charge is 0.223 e. The molecule has 32 heavy (non-hydrogen) atoms. The van der Waals surface area contributed by atoms with Gasteiger partial charge in [0.05, 0.1) is 17.6 Å². The molecule has 1 aromatic heterocycles. The number of para-hydroxylation sites is 2. The van der Waals surface area contributed by atoms with Crippen LogP contribution in [0.5, 0.6) is 5.75 Å². The third-order valence-corrected chi connectivity index (χ3v) is 6.09. The first-order valence-corrected chi connectivity index (χ1v) is 11.9. The summed E-state index contributed by atoms with van der Waals surface area (Å²) in [5.74, 6) is 2.34. The number of aryl methyl sites for hydroxylation is 4. The first-order valence-electron chi connectivity index (χ1n) is 11.9. The van der Waals surface area contributed by atoms with E-state index in [4.69, 9.17) is 9.72 Å². The molecule has 0 atom stereocenters. The number of aromatic nitrogens is 2. The fourth-order valence-electron chi connectivity index (χ4n) is 4.10. The number of nitrogens with zero attached hydrogens (tertiary/aromatic N) is 2. The second kappa shape index (κ2) is 11.7. The van der Waals surface area contributed by atoms with Crippen LogP contribution in [0, 0.1) is 19.8 Å². The van der Waals surface area contributed by atoms with Gasteiger partial charge >= 0.3 is 0 Å². The lowest BCUT2D eigenvalue weighted by Crippen LogP contribution is -2.31. The molecule has 5 heteroatoms. The lowest BCUT2D eigenvalue weighted by molar-refractivity contribution is -0.125. The molecule has 0 unspecified atom stereocenters. The molecule has 0 saturated carbocycles. The number of rotatable bonds is 12. The molecule has 3 aromatic rings. The Morgan fingerprint density at radius 2 is 1.88 bits per heavy atom. The van der Waals surface area contributed by atoms with Gasteiger partial charge in [-0.2, -0.15) is 0 Å². The van der Waals surface area contributed by atoms with Gasteiger partial charge in [-0.3, -0.25) is 4.79 Å². The molecule has 172 valence electrons. The summed E-state index contributed by atoms with van der Waals surface area (Å²) in [5.41, 5.74) is 4.57. The molecule has 0 aliphatic carbocycles. The average molecular weight is 436 g/mol. The Kier molecular flexibility index (Phi) is 8.72. The van der Waals surface area contributed by atoms with E-state index < -0.39 is 0 Å². The van der Waals surface area contributed by atoms with Crippen LogP contribution in [0.25, 0.3) is 11.0 Å².